The van der Waals surface area contributed by atoms with E-state index in [9.17, 15) is 9.59 Å². The van der Waals surface area contributed by atoms with E-state index in [4.69, 9.17) is 16.6 Å². The van der Waals surface area contributed by atoms with Gasteiger partial charge in [-0.05, 0) is 37.1 Å². The third-order valence-corrected chi connectivity index (χ3v) is 6.99. The Bertz CT molecular complexity index is 932. The fourth-order valence-corrected chi connectivity index (χ4v) is 5.43. The summed E-state index contributed by atoms with van der Waals surface area (Å²) in [6.07, 6.45) is 2.36. The maximum absolute atomic E-state index is 12.7. The van der Waals surface area contributed by atoms with Crippen LogP contribution in [0.4, 0.5) is 0 Å². The van der Waals surface area contributed by atoms with Gasteiger partial charge in [0.2, 0.25) is 5.91 Å². The second kappa shape index (κ2) is 7.47. The molecule has 26 heavy (non-hydrogen) atoms. The molecular weight excluding hydrogens is 388 g/mol. The lowest BCUT2D eigenvalue weighted by molar-refractivity contribution is -0.132. The molecule has 7 heteroatoms. The van der Waals surface area contributed by atoms with Gasteiger partial charge in [0.1, 0.15) is 5.01 Å². The third kappa shape index (κ3) is 3.54. The minimum absolute atomic E-state index is 0.0222. The first-order chi connectivity index (χ1) is 12.6. The summed E-state index contributed by atoms with van der Waals surface area (Å²) in [5, 5.41) is 0.994. The number of hydrogen-bond acceptors (Lipinski definition) is 5. The largest absolute Gasteiger partial charge is 0.333 e. The van der Waals surface area contributed by atoms with Crippen LogP contribution >= 0.6 is 34.3 Å². The van der Waals surface area contributed by atoms with Crippen molar-refractivity contribution in [3.05, 3.63) is 50.6 Å². The molecular formula is C19H17ClN2O2S2. The van der Waals surface area contributed by atoms with Crippen molar-refractivity contribution in [2.45, 2.75) is 31.7 Å². The Balaban J connectivity index is 1.44. The molecule has 3 heterocycles. The Morgan fingerprint density at radius 1 is 1.15 bits per heavy atom. The van der Waals surface area contributed by atoms with Gasteiger partial charge in [0, 0.05) is 19.4 Å². The van der Waals surface area contributed by atoms with Gasteiger partial charge in [-0.3, -0.25) is 9.59 Å². The Hall–Kier alpha value is -1.76. The van der Waals surface area contributed by atoms with Crippen molar-refractivity contribution in [1.29, 1.82) is 0 Å². The van der Waals surface area contributed by atoms with Crippen LogP contribution in [-0.2, 0) is 4.79 Å². The van der Waals surface area contributed by atoms with Crippen LogP contribution in [0.5, 0.6) is 0 Å². The minimum Gasteiger partial charge on any atom is -0.333 e. The number of rotatable bonds is 5. The fraction of sp³-hybridized carbons (Fsp3) is 0.316. The molecule has 4 rings (SSSR count). The number of aromatic nitrogens is 1. The number of thiophene rings is 1. The number of fused-ring (bicyclic) bond motifs is 1. The Kier molecular flexibility index (Phi) is 5.07. The summed E-state index contributed by atoms with van der Waals surface area (Å²) in [4.78, 5) is 32.2. The first-order valence-corrected chi connectivity index (χ1v) is 10.6. The molecule has 3 aromatic rings. The predicted octanol–water partition coefficient (Wildman–Crippen LogP) is 5.34. The van der Waals surface area contributed by atoms with Gasteiger partial charge >= 0.3 is 0 Å². The molecule has 134 valence electrons. The zero-order chi connectivity index (χ0) is 18.1. The Morgan fingerprint density at radius 3 is 2.77 bits per heavy atom. The van der Waals surface area contributed by atoms with Crippen LogP contribution in [0.3, 0.4) is 0 Å². The van der Waals surface area contributed by atoms with Crippen molar-refractivity contribution in [3.8, 4) is 0 Å². The van der Waals surface area contributed by atoms with Crippen LogP contribution < -0.4 is 0 Å². The fourth-order valence-electron chi connectivity index (χ4n) is 3.31. The van der Waals surface area contributed by atoms with Crippen LogP contribution in [-0.4, -0.2) is 28.1 Å². The first-order valence-electron chi connectivity index (χ1n) is 8.55. The molecule has 0 spiro atoms. The second-order valence-electron chi connectivity index (χ2n) is 6.29. The molecule has 1 aliphatic rings. The van der Waals surface area contributed by atoms with E-state index in [0.717, 1.165) is 34.6 Å². The average molecular weight is 405 g/mol. The Morgan fingerprint density at radius 2 is 2.00 bits per heavy atom. The van der Waals surface area contributed by atoms with E-state index in [0.29, 0.717) is 9.21 Å². The highest BCUT2D eigenvalue weighted by atomic mass is 35.5. The monoisotopic (exact) mass is 404 g/mol. The molecule has 0 bridgehead atoms. The molecule has 1 saturated heterocycles. The molecule has 1 atom stereocenters. The van der Waals surface area contributed by atoms with Crippen LogP contribution in [0.25, 0.3) is 10.2 Å². The molecule has 1 unspecified atom stereocenters. The molecule has 0 N–H and O–H groups in total. The summed E-state index contributed by atoms with van der Waals surface area (Å²) in [6, 6.07) is 11.5. The number of ketones is 1. The van der Waals surface area contributed by atoms with E-state index in [2.05, 4.69) is 6.07 Å². The Labute approximate surface area is 164 Å². The van der Waals surface area contributed by atoms with Crippen molar-refractivity contribution in [2.24, 2.45) is 0 Å². The zero-order valence-electron chi connectivity index (χ0n) is 14.0. The number of para-hydroxylation sites is 1. The van der Waals surface area contributed by atoms with Crippen molar-refractivity contribution in [3.63, 3.8) is 0 Å². The van der Waals surface area contributed by atoms with Gasteiger partial charge in [-0.15, -0.1) is 22.7 Å². The first kappa shape index (κ1) is 17.6. The summed E-state index contributed by atoms with van der Waals surface area (Å²) in [6.45, 7) is 0.735. The topological polar surface area (TPSA) is 50.3 Å². The highest BCUT2D eigenvalue weighted by Gasteiger charge is 2.32. The lowest BCUT2D eigenvalue weighted by Crippen LogP contribution is -2.30. The summed E-state index contributed by atoms with van der Waals surface area (Å²) < 4.78 is 1.74. The van der Waals surface area contributed by atoms with Gasteiger partial charge in [0.25, 0.3) is 0 Å². The highest BCUT2D eigenvalue weighted by molar-refractivity contribution is 7.18. The number of Topliss-reactive ketones (excluding diaryl/α,β-unsaturated/α-hetero) is 1. The normalized spacial score (nSPS) is 17.1. The van der Waals surface area contributed by atoms with Crippen LogP contribution in [0.15, 0.2) is 36.4 Å². The molecule has 4 nitrogen and oxygen atoms in total. The summed E-state index contributed by atoms with van der Waals surface area (Å²) in [7, 11) is 0. The number of hydrogen-bond donors (Lipinski definition) is 0. The zero-order valence-corrected chi connectivity index (χ0v) is 16.4. The van der Waals surface area contributed by atoms with Crippen LogP contribution in [0.1, 0.15) is 46.4 Å². The van der Waals surface area contributed by atoms with Gasteiger partial charge in [-0.2, -0.15) is 0 Å². The quantitative estimate of drug-likeness (QED) is 0.539. The van der Waals surface area contributed by atoms with Crippen LogP contribution in [0.2, 0.25) is 4.34 Å². The maximum atomic E-state index is 12.7. The van der Waals surface area contributed by atoms with Crippen molar-refractivity contribution in [1.82, 2.24) is 9.88 Å². The average Bonchev–Trinajstić information content (AvgIpc) is 3.36. The lowest BCUT2D eigenvalue weighted by atomic mass is 10.1. The second-order valence-corrected chi connectivity index (χ2v) is 9.07. The number of nitrogens with zero attached hydrogens (tertiary/aromatic N) is 2. The number of likely N-dealkylation sites (tertiary alicyclic amines) is 1. The number of carbonyl (C=O) groups is 2. The number of halogens is 1. The van der Waals surface area contributed by atoms with Crippen molar-refractivity contribution < 1.29 is 9.59 Å². The number of carbonyl (C=O) groups excluding carboxylic acids is 2. The summed E-state index contributed by atoms with van der Waals surface area (Å²) >= 11 is 8.79. The predicted molar refractivity (Wildman–Crippen MR) is 106 cm³/mol. The SMILES string of the molecule is O=C(CCC(=O)N1CCCC1c1nc2ccccc2s1)c1ccc(Cl)s1. The minimum atomic E-state index is -0.0222. The van der Waals surface area contributed by atoms with Gasteiger partial charge in [-0.1, -0.05) is 23.7 Å². The molecule has 1 fully saturated rings. The molecule has 0 aliphatic carbocycles. The van der Waals surface area contributed by atoms with Gasteiger partial charge in [-0.25, -0.2) is 4.98 Å². The number of thiazole rings is 1. The van der Waals surface area contributed by atoms with Gasteiger partial charge in [0.05, 0.1) is 25.5 Å². The summed E-state index contributed by atoms with van der Waals surface area (Å²) in [5.41, 5.74) is 0.983. The summed E-state index contributed by atoms with van der Waals surface area (Å²) in [5.74, 6) is 0.00810. The van der Waals surface area contributed by atoms with E-state index in [1.54, 1.807) is 23.5 Å². The maximum Gasteiger partial charge on any atom is 0.223 e. The smallest absolute Gasteiger partial charge is 0.223 e. The molecule has 0 radical (unpaired) electrons. The molecule has 0 saturated carbocycles. The third-order valence-electron chi connectivity index (χ3n) is 4.58. The van der Waals surface area contributed by atoms with E-state index < -0.39 is 0 Å². The van der Waals surface area contributed by atoms with E-state index >= 15 is 0 Å². The molecule has 1 amide bonds. The molecule has 1 aliphatic heterocycles. The van der Waals surface area contributed by atoms with Crippen molar-refractivity contribution in [2.75, 3.05) is 6.54 Å². The van der Waals surface area contributed by atoms with E-state index in [1.165, 1.54) is 11.3 Å². The van der Waals surface area contributed by atoms with Gasteiger partial charge in [0.15, 0.2) is 5.78 Å². The number of benzene rings is 1. The van der Waals surface area contributed by atoms with Crippen LogP contribution in [0, 0.1) is 0 Å². The van der Waals surface area contributed by atoms with E-state index in [1.807, 2.05) is 23.1 Å². The van der Waals surface area contributed by atoms with Gasteiger partial charge < -0.3 is 4.90 Å². The highest BCUT2D eigenvalue weighted by Crippen LogP contribution is 2.37. The van der Waals surface area contributed by atoms with Crippen molar-refractivity contribution >= 4 is 56.2 Å². The van der Waals surface area contributed by atoms with E-state index in [-0.39, 0.29) is 30.6 Å². The molecule has 1 aromatic carbocycles. The standard InChI is InChI=1S/C19H17ClN2O2S2/c20-17-9-8-16(25-17)14(23)7-10-18(24)22-11-3-5-13(22)19-21-12-4-1-2-6-15(12)26-19/h1-2,4,6,8-9,13H,3,5,7,10-11H2. The number of amides is 1. The molecule has 2 aromatic heterocycles. The lowest BCUT2D eigenvalue weighted by Gasteiger charge is -2.23.